The highest BCUT2D eigenvalue weighted by atomic mass is 16.1. The number of para-hydroxylation sites is 1. The molecule has 2 rings (SSSR count). The molecule has 4 nitrogen and oxygen atoms in total. The molecular weight excluding hydrogens is 262 g/mol. The van der Waals surface area contributed by atoms with Crippen molar-refractivity contribution in [2.45, 2.75) is 27.2 Å². The molecular formula is C17H23N3O. The zero-order valence-corrected chi connectivity index (χ0v) is 12.9. The maximum absolute atomic E-state index is 12.4. The summed E-state index contributed by atoms with van der Waals surface area (Å²) in [7, 11) is 0. The third-order valence-corrected chi connectivity index (χ3v) is 3.51. The molecule has 0 saturated carbocycles. The smallest absolute Gasteiger partial charge is 0.228 e. The lowest BCUT2D eigenvalue weighted by Crippen LogP contribution is -2.30. The number of nitrogens with zero attached hydrogens (tertiary/aromatic N) is 1. The molecule has 112 valence electrons. The van der Waals surface area contributed by atoms with Gasteiger partial charge in [-0.25, -0.2) is 0 Å². The van der Waals surface area contributed by atoms with E-state index in [0.717, 1.165) is 28.7 Å². The van der Waals surface area contributed by atoms with Gasteiger partial charge in [-0.15, -0.1) is 0 Å². The molecule has 1 atom stereocenters. The Morgan fingerprint density at radius 3 is 2.71 bits per heavy atom. The van der Waals surface area contributed by atoms with Crippen molar-refractivity contribution in [2.24, 2.45) is 17.6 Å². The van der Waals surface area contributed by atoms with E-state index in [1.165, 1.54) is 0 Å². The summed E-state index contributed by atoms with van der Waals surface area (Å²) in [5.74, 6) is 0.277. The van der Waals surface area contributed by atoms with Gasteiger partial charge in [0.1, 0.15) is 0 Å². The van der Waals surface area contributed by atoms with Gasteiger partial charge in [0.15, 0.2) is 0 Å². The van der Waals surface area contributed by atoms with Crippen LogP contribution in [0.5, 0.6) is 0 Å². The summed E-state index contributed by atoms with van der Waals surface area (Å²) < 4.78 is 0. The Labute approximate surface area is 125 Å². The van der Waals surface area contributed by atoms with Gasteiger partial charge in [-0.05, 0) is 31.4 Å². The van der Waals surface area contributed by atoms with Crippen LogP contribution in [0.4, 0.5) is 5.69 Å². The zero-order chi connectivity index (χ0) is 15.4. The van der Waals surface area contributed by atoms with Gasteiger partial charge < -0.3 is 11.1 Å². The first-order chi connectivity index (χ1) is 10.0. The van der Waals surface area contributed by atoms with Gasteiger partial charge in [0.2, 0.25) is 5.91 Å². The van der Waals surface area contributed by atoms with E-state index in [0.29, 0.717) is 12.5 Å². The number of pyridine rings is 1. The van der Waals surface area contributed by atoms with Crippen LogP contribution in [-0.2, 0) is 4.79 Å². The number of nitrogens with one attached hydrogen (secondary N) is 1. The molecule has 0 saturated heterocycles. The number of rotatable bonds is 5. The van der Waals surface area contributed by atoms with Crippen molar-refractivity contribution in [1.29, 1.82) is 0 Å². The number of aromatic nitrogens is 1. The summed E-state index contributed by atoms with van der Waals surface area (Å²) in [5.41, 5.74) is 8.33. The average molecular weight is 285 g/mol. The fraction of sp³-hybridized carbons (Fsp3) is 0.412. The quantitative estimate of drug-likeness (QED) is 0.887. The van der Waals surface area contributed by atoms with Crippen LogP contribution in [-0.4, -0.2) is 17.4 Å². The topological polar surface area (TPSA) is 68.0 Å². The van der Waals surface area contributed by atoms with E-state index in [1.54, 1.807) is 0 Å². The number of nitrogens with two attached hydrogens (primary N) is 1. The van der Waals surface area contributed by atoms with Crippen LogP contribution >= 0.6 is 0 Å². The summed E-state index contributed by atoms with van der Waals surface area (Å²) in [4.78, 5) is 16.9. The molecule has 0 aliphatic heterocycles. The van der Waals surface area contributed by atoms with Crippen LogP contribution in [0.25, 0.3) is 10.9 Å². The summed E-state index contributed by atoms with van der Waals surface area (Å²) in [6, 6.07) is 9.72. The Morgan fingerprint density at radius 1 is 1.33 bits per heavy atom. The molecule has 1 heterocycles. The van der Waals surface area contributed by atoms with Crippen molar-refractivity contribution < 1.29 is 4.79 Å². The van der Waals surface area contributed by atoms with Crippen molar-refractivity contribution in [2.75, 3.05) is 11.9 Å². The van der Waals surface area contributed by atoms with Crippen molar-refractivity contribution in [3.63, 3.8) is 0 Å². The van der Waals surface area contributed by atoms with Crippen molar-refractivity contribution in [1.82, 2.24) is 4.98 Å². The molecule has 3 N–H and O–H groups in total. The Bertz CT molecular complexity index is 637. The Balaban J connectivity index is 2.28. The fourth-order valence-corrected chi connectivity index (χ4v) is 2.53. The minimum Gasteiger partial charge on any atom is -0.330 e. The summed E-state index contributed by atoms with van der Waals surface area (Å²) in [5, 5.41) is 3.98. The number of aryl methyl sites for hydroxylation is 1. The van der Waals surface area contributed by atoms with E-state index >= 15 is 0 Å². The molecule has 0 bridgehead atoms. The van der Waals surface area contributed by atoms with Gasteiger partial charge >= 0.3 is 0 Å². The number of hydrogen-bond acceptors (Lipinski definition) is 3. The third kappa shape index (κ3) is 3.79. The second-order valence-electron chi connectivity index (χ2n) is 5.88. The zero-order valence-electron chi connectivity index (χ0n) is 12.9. The average Bonchev–Trinajstić information content (AvgIpc) is 2.44. The Hall–Kier alpha value is -1.94. The number of carbonyl (C=O) groups is 1. The standard InChI is InChI=1S/C17H23N3O/c1-11(2)8-13(10-18)17(21)20-16-9-12(3)19-15-7-5-4-6-14(15)16/h4-7,9,11,13H,8,10,18H2,1-3H3,(H,19,20,21). The second kappa shape index (κ2) is 6.68. The highest BCUT2D eigenvalue weighted by molar-refractivity contribution is 6.01. The van der Waals surface area contributed by atoms with Gasteiger partial charge in [-0.3, -0.25) is 9.78 Å². The first kappa shape index (κ1) is 15.4. The third-order valence-electron chi connectivity index (χ3n) is 3.51. The predicted molar refractivity (Wildman–Crippen MR) is 87.1 cm³/mol. The molecule has 0 spiro atoms. The van der Waals surface area contributed by atoms with Gasteiger partial charge in [-0.2, -0.15) is 0 Å². The van der Waals surface area contributed by atoms with Crippen LogP contribution in [0.1, 0.15) is 26.0 Å². The summed E-state index contributed by atoms with van der Waals surface area (Å²) in [6.45, 7) is 6.49. The number of carbonyl (C=O) groups excluding carboxylic acids is 1. The molecule has 1 unspecified atom stereocenters. The molecule has 0 aliphatic rings. The van der Waals surface area contributed by atoms with Gasteiger partial charge in [-0.1, -0.05) is 32.0 Å². The van der Waals surface area contributed by atoms with Crippen molar-refractivity contribution in [3.8, 4) is 0 Å². The van der Waals surface area contributed by atoms with Crippen molar-refractivity contribution >= 4 is 22.5 Å². The first-order valence-corrected chi connectivity index (χ1v) is 7.38. The van der Waals surface area contributed by atoms with E-state index < -0.39 is 0 Å². The fourth-order valence-electron chi connectivity index (χ4n) is 2.53. The van der Waals surface area contributed by atoms with E-state index in [-0.39, 0.29) is 11.8 Å². The Morgan fingerprint density at radius 2 is 2.05 bits per heavy atom. The maximum Gasteiger partial charge on any atom is 0.228 e. The Kier molecular flexibility index (Phi) is 4.91. The number of benzene rings is 1. The second-order valence-corrected chi connectivity index (χ2v) is 5.88. The number of anilines is 1. The van der Waals surface area contributed by atoms with E-state index in [1.807, 2.05) is 37.3 Å². The lowest BCUT2D eigenvalue weighted by Gasteiger charge is -2.18. The summed E-state index contributed by atoms with van der Waals surface area (Å²) in [6.07, 6.45) is 0.796. The number of hydrogen-bond donors (Lipinski definition) is 2. The predicted octanol–water partition coefficient (Wildman–Crippen LogP) is 3.10. The van der Waals surface area contributed by atoms with Gasteiger partial charge in [0.25, 0.3) is 0 Å². The highest BCUT2D eigenvalue weighted by Crippen LogP contribution is 2.24. The molecule has 4 heteroatoms. The monoisotopic (exact) mass is 285 g/mol. The normalized spacial score (nSPS) is 12.6. The molecule has 1 aromatic heterocycles. The van der Waals surface area contributed by atoms with Crippen LogP contribution < -0.4 is 11.1 Å². The van der Waals surface area contributed by atoms with Crippen molar-refractivity contribution in [3.05, 3.63) is 36.0 Å². The first-order valence-electron chi connectivity index (χ1n) is 7.38. The molecule has 2 aromatic rings. The molecule has 0 aliphatic carbocycles. The molecule has 0 radical (unpaired) electrons. The highest BCUT2D eigenvalue weighted by Gasteiger charge is 2.19. The van der Waals surface area contributed by atoms with Crippen LogP contribution in [0.15, 0.2) is 30.3 Å². The minimum absolute atomic E-state index is 0.0121. The lowest BCUT2D eigenvalue weighted by molar-refractivity contribution is -0.120. The molecule has 1 aromatic carbocycles. The minimum atomic E-state index is -0.155. The van der Waals surface area contributed by atoms with E-state index in [4.69, 9.17) is 5.73 Å². The maximum atomic E-state index is 12.4. The largest absolute Gasteiger partial charge is 0.330 e. The molecule has 1 amide bonds. The lowest BCUT2D eigenvalue weighted by atomic mass is 9.96. The van der Waals surface area contributed by atoms with Crippen LogP contribution in [0.3, 0.4) is 0 Å². The molecule has 0 fully saturated rings. The van der Waals surface area contributed by atoms with Gasteiger partial charge in [0, 0.05) is 17.6 Å². The van der Waals surface area contributed by atoms with Gasteiger partial charge in [0.05, 0.1) is 17.1 Å². The number of amides is 1. The van der Waals surface area contributed by atoms with E-state index in [9.17, 15) is 4.79 Å². The van der Waals surface area contributed by atoms with Crippen LogP contribution in [0, 0.1) is 18.8 Å². The SMILES string of the molecule is Cc1cc(NC(=O)C(CN)CC(C)C)c2ccccc2n1. The summed E-state index contributed by atoms with van der Waals surface area (Å²) >= 11 is 0. The molecule has 21 heavy (non-hydrogen) atoms. The van der Waals surface area contributed by atoms with Crippen LogP contribution in [0.2, 0.25) is 0 Å². The number of fused-ring (bicyclic) bond motifs is 1. The van der Waals surface area contributed by atoms with E-state index in [2.05, 4.69) is 24.1 Å².